The third-order valence-electron chi connectivity index (χ3n) is 2.32. The van der Waals surface area contributed by atoms with Crippen molar-refractivity contribution in [1.29, 1.82) is 0 Å². The molecule has 1 heterocycles. The lowest BCUT2D eigenvalue weighted by Gasteiger charge is -2.32. The van der Waals surface area contributed by atoms with Crippen LogP contribution in [-0.2, 0) is 0 Å². The molecule has 2 amide bonds. The molecule has 1 fully saturated rings. The first-order valence-corrected chi connectivity index (χ1v) is 4.24. The van der Waals surface area contributed by atoms with Gasteiger partial charge in [-0.15, -0.1) is 6.42 Å². The van der Waals surface area contributed by atoms with Crippen LogP contribution in [0, 0.1) is 12.3 Å². The monoisotopic (exact) mass is 184 g/mol. The van der Waals surface area contributed by atoms with Crippen molar-refractivity contribution < 1.29 is 9.18 Å². The summed E-state index contributed by atoms with van der Waals surface area (Å²) in [5.74, 6) is 2.13. The van der Waals surface area contributed by atoms with Crippen LogP contribution in [0.5, 0.6) is 0 Å². The van der Waals surface area contributed by atoms with E-state index < -0.39 is 5.67 Å². The second-order valence-corrected chi connectivity index (χ2v) is 3.15. The zero-order valence-electron chi connectivity index (χ0n) is 7.64. The molecule has 1 N–H and O–H groups in total. The van der Waals surface area contributed by atoms with Gasteiger partial charge in [0.05, 0.1) is 0 Å². The Morgan fingerprint density at radius 2 is 2.15 bits per heavy atom. The molecule has 0 saturated carbocycles. The van der Waals surface area contributed by atoms with E-state index in [2.05, 4.69) is 11.2 Å². The van der Waals surface area contributed by atoms with Crippen molar-refractivity contribution >= 4 is 6.03 Å². The summed E-state index contributed by atoms with van der Waals surface area (Å²) in [5.41, 5.74) is -1.51. The van der Waals surface area contributed by atoms with Crippen LogP contribution in [0.3, 0.4) is 0 Å². The molecule has 0 bridgehead atoms. The van der Waals surface area contributed by atoms with Crippen LogP contribution in [0.1, 0.15) is 12.8 Å². The topological polar surface area (TPSA) is 32.3 Å². The van der Waals surface area contributed by atoms with Crippen molar-refractivity contribution in [3.63, 3.8) is 0 Å². The fourth-order valence-electron chi connectivity index (χ4n) is 1.37. The number of carbonyl (C=O) groups is 1. The summed E-state index contributed by atoms with van der Waals surface area (Å²) in [6.07, 6.45) is 5.51. The van der Waals surface area contributed by atoms with Gasteiger partial charge in [0.2, 0.25) is 0 Å². The minimum absolute atomic E-state index is 0.168. The maximum absolute atomic E-state index is 13.4. The number of likely N-dealkylation sites (tertiary alicyclic amines) is 1. The van der Waals surface area contributed by atoms with Crippen LogP contribution in [0.4, 0.5) is 9.18 Å². The number of nitrogens with one attached hydrogen (secondary N) is 1. The Hall–Kier alpha value is -1.24. The molecule has 0 unspecified atom stereocenters. The Labute approximate surface area is 77.3 Å². The van der Waals surface area contributed by atoms with Gasteiger partial charge in [0.1, 0.15) is 0 Å². The molecule has 1 saturated heterocycles. The summed E-state index contributed by atoms with van der Waals surface area (Å²) in [6.45, 7) is 0.779. The number of nitrogens with zero attached hydrogens (tertiary/aromatic N) is 1. The van der Waals surface area contributed by atoms with Gasteiger partial charge in [-0.05, 0) is 0 Å². The van der Waals surface area contributed by atoms with Gasteiger partial charge in [-0.25, -0.2) is 9.18 Å². The van der Waals surface area contributed by atoms with Crippen molar-refractivity contribution in [2.24, 2.45) is 0 Å². The van der Waals surface area contributed by atoms with E-state index in [4.69, 9.17) is 6.42 Å². The van der Waals surface area contributed by atoms with Gasteiger partial charge in [0.25, 0.3) is 0 Å². The number of hydrogen-bond donors (Lipinski definition) is 1. The molecule has 0 aromatic carbocycles. The fourth-order valence-corrected chi connectivity index (χ4v) is 1.37. The number of rotatable bonds is 0. The number of carbonyl (C=O) groups excluding carboxylic acids is 1. The average Bonchev–Trinajstić information content (AvgIpc) is 2.18. The Balaban J connectivity index is 2.49. The van der Waals surface area contributed by atoms with Gasteiger partial charge in [0, 0.05) is 33.0 Å². The molecule has 1 aliphatic rings. The molecule has 0 spiro atoms. The minimum atomic E-state index is -1.51. The number of amides is 2. The highest BCUT2D eigenvalue weighted by Crippen LogP contribution is 2.25. The maximum Gasteiger partial charge on any atom is 0.317 e. The minimum Gasteiger partial charge on any atom is -0.341 e. The first-order chi connectivity index (χ1) is 6.11. The first-order valence-electron chi connectivity index (χ1n) is 4.24. The number of hydrogen-bond acceptors (Lipinski definition) is 1. The van der Waals surface area contributed by atoms with Crippen LogP contribution >= 0.6 is 0 Å². The molecule has 0 aromatic heterocycles. The number of piperidine rings is 1. The maximum atomic E-state index is 13.4. The van der Waals surface area contributed by atoms with Gasteiger partial charge in [-0.1, -0.05) is 5.92 Å². The van der Waals surface area contributed by atoms with E-state index in [1.807, 2.05) is 0 Å². The van der Waals surface area contributed by atoms with Crippen molar-refractivity contribution in [1.82, 2.24) is 10.2 Å². The summed E-state index contributed by atoms with van der Waals surface area (Å²) in [7, 11) is 1.56. The van der Waals surface area contributed by atoms with E-state index in [0.29, 0.717) is 13.1 Å². The fraction of sp³-hybridized carbons (Fsp3) is 0.667. The molecule has 1 rings (SSSR count). The van der Waals surface area contributed by atoms with E-state index in [1.54, 1.807) is 11.9 Å². The predicted molar refractivity (Wildman–Crippen MR) is 47.9 cm³/mol. The lowest BCUT2D eigenvalue weighted by molar-refractivity contribution is 0.117. The van der Waals surface area contributed by atoms with Crippen LogP contribution in [0.15, 0.2) is 0 Å². The predicted octanol–water partition coefficient (Wildman–Crippen LogP) is 0.763. The smallest absolute Gasteiger partial charge is 0.317 e. The van der Waals surface area contributed by atoms with Gasteiger partial charge in [-0.3, -0.25) is 0 Å². The highest BCUT2D eigenvalue weighted by Gasteiger charge is 2.33. The number of terminal acetylenes is 1. The van der Waals surface area contributed by atoms with Crippen molar-refractivity contribution in [3.05, 3.63) is 0 Å². The molecular weight excluding hydrogens is 171 g/mol. The summed E-state index contributed by atoms with van der Waals surface area (Å²) in [4.78, 5) is 12.7. The average molecular weight is 184 g/mol. The second kappa shape index (κ2) is 3.65. The lowest BCUT2D eigenvalue weighted by Crippen LogP contribution is -2.47. The van der Waals surface area contributed by atoms with E-state index >= 15 is 0 Å². The van der Waals surface area contributed by atoms with E-state index in [1.165, 1.54) is 0 Å². The third kappa shape index (κ3) is 2.11. The summed E-state index contributed by atoms with van der Waals surface area (Å²) < 4.78 is 13.4. The molecular formula is C9H13FN2O. The first kappa shape index (κ1) is 9.85. The van der Waals surface area contributed by atoms with Crippen molar-refractivity contribution in [2.75, 3.05) is 20.1 Å². The third-order valence-corrected chi connectivity index (χ3v) is 2.32. The molecule has 72 valence electrons. The highest BCUT2D eigenvalue weighted by molar-refractivity contribution is 5.73. The van der Waals surface area contributed by atoms with E-state index in [9.17, 15) is 9.18 Å². The molecule has 1 aliphatic heterocycles. The van der Waals surface area contributed by atoms with Gasteiger partial charge in [-0.2, -0.15) is 0 Å². The van der Waals surface area contributed by atoms with E-state index in [-0.39, 0.29) is 18.9 Å². The molecule has 0 aromatic rings. The summed E-state index contributed by atoms with van der Waals surface area (Å²) in [5, 5.41) is 2.49. The molecule has 3 nitrogen and oxygen atoms in total. The van der Waals surface area contributed by atoms with Crippen molar-refractivity contribution in [2.45, 2.75) is 18.5 Å². The quantitative estimate of drug-likeness (QED) is 0.554. The second-order valence-electron chi connectivity index (χ2n) is 3.15. The van der Waals surface area contributed by atoms with E-state index in [0.717, 1.165) is 0 Å². The van der Waals surface area contributed by atoms with Gasteiger partial charge in [0.15, 0.2) is 5.67 Å². The Kier molecular flexibility index (Phi) is 2.76. The number of urea groups is 1. The van der Waals surface area contributed by atoms with Gasteiger partial charge < -0.3 is 10.2 Å². The molecule has 0 radical (unpaired) electrons. The normalized spacial score (nSPS) is 20.5. The van der Waals surface area contributed by atoms with Crippen LogP contribution < -0.4 is 5.32 Å². The van der Waals surface area contributed by atoms with Gasteiger partial charge >= 0.3 is 6.03 Å². The highest BCUT2D eigenvalue weighted by atomic mass is 19.1. The molecule has 0 aliphatic carbocycles. The zero-order valence-corrected chi connectivity index (χ0v) is 7.64. The molecule has 13 heavy (non-hydrogen) atoms. The Morgan fingerprint density at radius 3 is 2.54 bits per heavy atom. The molecule has 0 atom stereocenters. The Bertz CT molecular complexity index is 238. The van der Waals surface area contributed by atoms with Crippen LogP contribution in [0.25, 0.3) is 0 Å². The number of alkyl halides is 1. The summed E-state index contributed by atoms with van der Waals surface area (Å²) >= 11 is 0. The largest absolute Gasteiger partial charge is 0.341 e. The van der Waals surface area contributed by atoms with Crippen LogP contribution in [0.2, 0.25) is 0 Å². The lowest BCUT2D eigenvalue weighted by atomic mass is 9.95. The SMILES string of the molecule is C#CC1(F)CCN(C(=O)NC)CC1. The molecule has 4 heteroatoms. The standard InChI is InChI=1S/C9H13FN2O/c1-3-9(10)4-6-12(7-5-9)8(13)11-2/h1H,4-7H2,2H3,(H,11,13). The Morgan fingerprint density at radius 1 is 1.62 bits per heavy atom. The van der Waals surface area contributed by atoms with Crippen LogP contribution in [-0.4, -0.2) is 36.7 Å². The number of halogens is 1. The zero-order chi connectivity index (χ0) is 9.90. The van der Waals surface area contributed by atoms with Crippen molar-refractivity contribution in [3.8, 4) is 12.3 Å². The summed E-state index contributed by atoms with van der Waals surface area (Å²) in [6, 6.07) is -0.168.